The van der Waals surface area contributed by atoms with Gasteiger partial charge in [0.25, 0.3) is 0 Å². The van der Waals surface area contributed by atoms with Gasteiger partial charge in [-0.15, -0.1) is 0 Å². The van der Waals surface area contributed by atoms with Gasteiger partial charge in [0.15, 0.2) is 11.5 Å². The molecule has 1 atom stereocenters. The van der Waals surface area contributed by atoms with Crippen LogP contribution in [0.2, 0.25) is 0 Å². The Bertz CT molecular complexity index is 852. The highest BCUT2D eigenvalue weighted by molar-refractivity contribution is 5.88. The van der Waals surface area contributed by atoms with Gasteiger partial charge in [-0.05, 0) is 42.0 Å². The summed E-state index contributed by atoms with van der Waals surface area (Å²) in [4.78, 5) is 0. The van der Waals surface area contributed by atoms with Crippen LogP contribution in [0, 0.1) is 0 Å². The topological polar surface area (TPSA) is 27.7 Å². The molecule has 3 aromatic carbocycles. The van der Waals surface area contributed by atoms with E-state index in [1.807, 2.05) is 30.3 Å². The monoisotopic (exact) mass is 350 g/mol. The first kappa shape index (κ1) is 18.1. The Labute approximate surface area is 155 Å². The lowest BCUT2D eigenvalue weighted by atomic mass is 10.0. The fourth-order valence-electron chi connectivity index (χ4n) is 3.19. The van der Waals surface area contributed by atoms with E-state index in [4.69, 9.17) is 14.2 Å². The second-order valence-corrected chi connectivity index (χ2v) is 6.34. The summed E-state index contributed by atoms with van der Waals surface area (Å²) in [5, 5.41) is 2.32. The third-order valence-corrected chi connectivity index (χ3v) is 4.62. The standard InChI is InChI=1S/C23H26O3/c1-4-5-12-20(18-14-15-22(24-2)23(16-18)25-3)26-21-13-8-10-17-9-6-7-11-19(17)21/h6-11,13-16,20H,4-5,12H2,1-3H3. The molecule has 0 bridgehead atoms. The van der Waals surface area contributed by atoms with Crippen LogP contribution >= 0.6 is 0 Å². The minimum absolute atomic E-state index is 0.0273. The molecule has 3 heteroatoms. The van der Waals surface area contributed by atoms with E-state index in [0.717, 1.165) is 47.5 Å². The minimum Gasteiger partial charge on any atom is -0.493 e. The molecule has 26 heavy (non-hydrogen) atoms. The van der Waals surface area contributed by atoms with E-state index in [1.54, 1.807) is 14.2 Å². The summed E-state index contributed by atoms with van der Waals surface area (Å²) in [5.41, 5.74) is 1.10. The fourth-order valence-corrected chi connectivity index (χ4v) is 3.19. The molecule has 3 aromatic rings. The Morgan fingerprint density at radius 3 is 2.35 bits per heavy atom. The number of hydrogen-bond acceptors (Lipinski definition) is 3. The van der Waals surface area contributed by atoms with E-state index in [2.05, 4.69) is 37.3 Å². The molecule has 3 nitrogen and oxygen atoms in total. The molecule has 136 valence electrons. The van der Waals surface area contributed by atoms with Gasteiger partial charge >= 0.3 is 0 Å². The van der Waals surface area contributed by atoms with E-state index < -0.39 is 0 Å². The number of rotatable bonds is 8. The van der Waals surface area contributed by atoms with Crippen molar-refractivity contribution in [2.75, 3.05) is 14.2 Å². The summed E-state index contributed by atoms with van der Waals surface area (Å²) >= 11 is 0. The van der Waals surface area contributed by atoms with Crippen LogP contribution in [0.25, 0.3) is 10.8 Å². The number of benzene rings is 3. The minimum atomic E-state index is -0.0273. The summed E-state index contributed by atoms with van der Waals surface area (Å²) in [6.07, 6.45) is 3.15. The van der Waals surface area contributed by atoms with Crippen LogP contribution in [-0.2, 0) is 0 Å². The van der Waals surface area contributed by atoms with Gasteiger partial charge in [0.1, 0.15) is 11.9 Å². The van der Waals surface area contributed by atoms with Crippen molar-refractivity contribution in [1.82, 2.24) is 0 Å². The molecular weight excluding hydrogens is 324 g/mol. The highest BCUT2D eigenvalue weighted by Crippen LogP contribution is 2.35. The van der Waals surface area contributed by atoms with Crippen LogP contribution in [0.1, 0.15) is 37.9 Å². The first-order valence-electron chi connectivity index (χ1n) is 9.13. The largest absolute Gasteiger partial charge is 0.493 e. The first-order valence-corrected chi connectivity index (χ1v) is 9.13. The third-order valence-electron chi connectivity index (χ3n) is 4.62. The van der Waals surface area contributed by atoms with Gasteiger partial charge in [0.2, 0.25) is 0 Å². The van der Waals surface area contributed by atoms with Crippen molar-refractivity contribution in [3.05, 3.63) is 66.2 Å². The molecule has 0 N–H and O–H groups in total. The molecule has 0 aliphatic carbocycles. The second-order valence-electron chi connectivity index (χ2n) is 6.34. The molecular formula is C23H26O3. The number of methoxy groups -OCH3 is 2. The SMILES string of the molecule is CCCCC(Oc1cccc2ccccc12)c1ccc(OC)c(OC)c1. The smallest absolute Gasteiger partial charge is 0.161 e. The zero-order chi connectivity index (χ0) is 18.4. The Morgan fingerprint density at radius 1 is 0.808 bits per heavy atom. The lowest BCUT2D eigenvalue weighted by molar-refractivity contribution is 0.193. The molecule has 0 saturated carbocycles. The maximum Gasteiger partial charge on any atom is 0.161 e. The van der Waals surface area contributed by atoms with E-state index >= 15 is 0 Å². The normalized spacial score (nSPS) is 12.0. The van der Waals surface area contributed by atoms with E-state index in [0.29, 0.717) is 0 Å². The highest BCUT2D eigenvalue weighted by atomic mass is 16.5. The van der Waals surface area contributed by atoms with Gasteiger partial charge in [0, 0.05) is 5.39 Å². The number of ether oxygens (including phenoxy) is 3. The van der Waals surface area contributed by atoms with E-state index in [1.165, 1.54) is 5.39 Å². The summed E-state index contributed by atoms with van der Waals surface area (Å²) in [5.74, 6) is 2.38. The Hall–Kier alpha value is -2.68. The molecule has 0 aliphatic heterocycles. The summed E-state index contributed by atoms with van der Waals surface area (Å²) < 4.78 is 17.3. The van der Waals surface area contributed by atoms with Crippen molar-refractivity contribution < 1.29 is 14.2 Å². The van der Waals surface area contributed by atoms with Crippen LogP contribution in [0.4, 0.5) is 0 Å². The summed E-state index contributed by atoms with van der Waals surface area (Å²) in [7, 11) is 3.31. The molecule has 0 aliphatic rings. The van der Waals surface area contributed by atoms with Crippen molar-refractivity contribution in [3.8, 4) is 17.2 Å². The van der Waals surface area contributed by atoms with Gasteiger partial charge in [-0.1, -0.05) is 55.8 Å². The summed E-state index contributed by atoms with van der Waals surface area (Å²) in [6, 6.07) is 20.5. The van der Waals surface area contributed by atoms with Crippen molar-refractivity contribution in [1.29, 1.82) is 0 Å². The second kappa shape index (κ2) is 8.61. The number of unbranched alkanes of at least 4 members (excludes halogenated alkanes) is 1. The van der Waals surface area contributed by atoms with Crippen LogP contribution in [0.15, 0.2) is 60.7 Å². The van der Waals surface area contributed by atoms with Crippen molar-refractivity contribution in [2.24, 2.45) is 0 Å². The van der Waals surface area contributed by atoms with E-state index in [9.17, 15) is 0 Å². The van der Waals surface area contributed by atoms with Crippen LogP contribution in [-0.4, -0.2) is 14.2 Å². The maximum absolute atomic E-state index is 6.49. The average molecular weight is 350 g/mol. The van der Waals surface area contributed by atoms with Gasteiger partial charge in [-0.3, -0.25) is 0 Å². The molecule has 0 aromatic heterocycles. The van der Waals surface area contributed by atoms with Gasteiger partial charge in [0.05, 0.1) is 14.2 Å². The lowest BCUT2D eigenvalue weighted by Crippen LogP contribution is -2.08. The first-order chi connectivity index (χ1) is 12.8. The summed E-state index contributed by atoms with van der Waals surface area (Å²) in [6.45, 7) is 2.20. The average Bonchev–Trinajstić information content (AvgIpc) is 2.70. The number of fused-ring (bicyclic) bond motifs is 1. The van der Waals surface area contributed by atoms with Crippen LogP contribution in [0.3, 0.4) is 0 Å². The Kier molecular flexibility index (Phi) is 6.00. The quantitative estimate of drug-likeness (QED) is 0.486. The molecule has 0 radical (unpaired) electrons. The van der Waals surface area contributed by atoms with Gasteiger partial charge < -0.3 is 14.2 Å². The predicted molar refractivity (Wildman–Crippen MR) is 106 cm³/mol. The Morgan fingerprint density at radius 2 is 1.58 bits per heavy atom. The van der Waals surface area contributed by atoms with Crippen molar-refractivity contribution >= 4 is 10.8 Å². The maximum atomic E-state index is 6.49. The van der Waals surface area contributed by atoms with Crippen LogP contribution < -0.4 is 14.2 Å². The van der Waals surface area contributed by atoms with Crippen LogP contribution in [0.5, 0.6) is 17.2 Å². The van der Waals surface area contributed by atoms with Gasteiger partial charge in [-0.2, -0.15) is 0 Å². The lowest BCUT2D eigenvalue weighted by Gasteiger charge is -2.22. The van der Waals surface area contributed by atoms with Crippen molar-refractivity contribution in [2.45, 2.75) is 32.3 Å². The molecule has 0 fully saturated rings. The molecule has 3 rings (SSSR count). The molecule has 0 saturated heterocycles. The molecule has 0 spiro atoms. The van der Waals surface area contributed by atoms with Gasteiger partial charge in [-0.25, -0.2) is 0 Å². The Balaban J connectivity index is 1.95. The van der Waals surface area contributed by atoms with E-state index in [-0.39, 0.29) is 6.10 Å². The molecule has 1 unspecified atom stereocenters. The molecule has 0 amide bonds. The zero-order valence-electron chi connectivity index (χ0n) is 15.7. The zero-order valence-corrected chi connectivity index (χ0v) is 15.7. The third kappa shape index (κ3) is 3.93. The fraction of sp³-hybridized carbons (Fsp3) is 0.304. The molecule has 0 heterocycles. The number of hydrogen-bond donors (Lipinski definition) is 0. The highest BCUT2D eigenvalue weighted by Gasteiger charge is 2.17. The van der Waals surface area contributed by atoms with Crippen molar-refractivity contribution in [3.63, 3.8) is 0 Å². The predicted octanol–water partition coefficient (Wildman–Crippen LogP) is 6.17.